The van der Waals surface area contributed by atoms with E-state index in [-0.39, 0.29) is 16.4 Å². The fraction of sp³-hybridized carbons (Fsp3) is 0.0417. The number of alkyl halides is 3. The van der Waals surface area contributed by atoms with Crippen LogP contribution in [0.3, 0.4) is 0 Å². The molecular formula is C24H13F4N5OS. The molecule has 2 aromatic heterocycles. The smallest absolute Gasteiger partial charge is 0.267 e. The van der Waals surface area contributed by atoms with Crippen molar-refractivity contribution in [3.8, 4) is 11.3 Å². The van der Waals surface area contributed by atoms with Gasteiger partial charge in [0.25, 0.3) is 5.91 Å². The maximum absolute atomic E-state index is 14.0. The Morgan fingerprint density at radius 2 is 1.60 bits per heavy atom. The van der Waals surface area contributed by atoms with Crippen LogP contribution in [0.1, 0.15) is 16.1 Å². The van der Waals surface area contributed by atoms with Crippen molar-refractivity contribution < 1.29 is 22.4 Å². The third-order valence-corrected chi connectivity index (χ3v) is 5.87. The van der Waals surface area contributed by atoms with E-state index in [4.69, 9.17) is 0 Å². The van der Waals surface area contributed by atoms with Gasteiger partial charge in [-0.1, -0.05) is 59.9 Å². The van der Waals surface area contributed by atoms with E-state index in [1.807, 2.05) is 0 Å². The Kier molecular flexibility index (Phi) is 5.69. The highest BCUT2D eigenvalue weighted by Crippen LogP contribution is 2.43. The highest BCUT2D eigenvalue weighted by Gasteiger charge is 2.41. The van der Waals surface area contributed by atoms with Crippen LogP contribution >= 0.6 is 11.3 Å². The number of hydrogen-bond donors (Lipinski definition) is 0. The molecule has 0 aliphatic carbocycles. The first-order chi connectivity index (χ1) is 16.8. The molecule has 0 N–H and O–H groups in total. The highest BCUT2D eigenvalue weighted by atomic mass is 32.1. The highest BCUT2D eigenvalue weighted by molar-refractivity contribution is 7.21. The first-order valence-corrected chi connectivity index (χ1v) is 11.0. The Morgan fingerprint density at radius 1 is 0.914 bits per heavy atom. The lowest BCUT2D eigenvalue weighted by Crippen LogP contribution is -2.16. The van der Waals surface area contributed by atoms with E-state index in [2.05, 4.69) is 20.3 Å². The van der Waals surface area contributed by atoms with E-state index in [1.54, 1.807) is 48.5 Å². The molecule has 5 rings (SSSR count). The minimum absolute atomic E-state index is 0.0277. The number of aromatic nitrogens is 3. The van der Waals surface area contributed by atoms with Crippen molar-refractivity contribution in [2.75, 3.05) is 0 Å². The molecule has 0 saturated heterocycles. The predicted octanol–water partition coefficient (Wildman–Crippen LogP) is 7.42. The van der Waals surface area contributed by atoms with E-state index in [0.717, 1.165) is 11.3 Å². The molecule has 0 aliphatic rings. The van der Waals surface area contributed by atoms with Gasteiger partial charge in [-0.15, -0.1) is 10.2 Å². The van der Waals surface area contributed by atoms with Crippen LogP contribution in [0.4, 0.5) is 28.4 Å². The van der Waals surface area contributed by atoms with Gasteiger partial charge in [0.1, 0.15) is 17.2 Å². The summed E-state index contributed by atoms with van der Waals surface area (Å²) in [5.41, 5.74) is -1.28. The summed E-state index contributed by atoms with van der Waals surface area (Å²) < 4.78 is 56.7. The van der Waals surface area contributed by atoms with Crippen LogP contribution in [0.15, 0.2) is 89.1 Å². The average Bonchev–Trinajstić information content (AvgIpc) is 3.44. The van der Waals surface area contributed by atoms with Crippen LogP contribution in [0, 0.1) is 5.82 Å². The fourth-order valence-corrected chi connectivity index (χ4v) is 4.23. The normalized spacial score (nSPS) is 12.0. The van der Waals surface area contributed by atoms with E-state index in [0.29, 0.717) is 20.5 Å². The first kappa shape index (κ1) is 22.5. The molecule has 35 heavy (non-hydrogen) atoms. The van der Waals surface area contributed by atoms with Crippen molar-refractivity contribution in [2.24, 2.45) is 10.2 Å². The summed E-state index contributed by atoms with van der Waals surface area (Å²) in [4.78, 5) is 17.3. The number of rotatable bonds is 4. The summed E-state index contributed by atoms with van der Waals surface area (Å²) >= 11 is 0.969. The van der Waals surface area contributed by atoms with Crippen molar-refractivity contribution in [1.82, 2.24) is 14.8 Å². The van der Waals surface area contributed by atoms with Crippen molar-refractivity contribution >= 4 is 38.3 Å². The quantitative estimate of drug-likeness (QED) is 0.192. The number of hydrogen-bond acceptors (Lipinski definition) is 6. The Morgan fingerprint density at radius 3 is 2.29 bits per heavy atom. The van der Waals surface area contributed by atoms with Crippen LogP contribution < -0.4 is 0 Å². The average molecular weight is 495 g/mol. The van der Waals surface area contributed by atoms with E-state index < -0.39 is 29.3 Å². The number of benzene rings is 3. The van der Waals surface area contributed by atoms with Gasteiger partial charge >= 0.3 is 6.18 Å². The zero-order chi connectivity index (χ0) is 24.6. The topological polar surface area (TPSA) is 72.5 Å². The number of carbonyl (C=O) groups is 1. The molecule has 0 atom stereocenters. The number of halogens is 4. The van der Waals surface area contributed by atoms with Crippen molar-refractivity contribution in [3.05, 3.63) is 95.9 Å². The lowest BCUT2D eigenvalue weighted by Gasteiger charge is -2.07. The molecule has 3 aromatic carbocycles. The molecular weight excluding hydrogens is 482 g/mol. The Balaban J connectivity index is 1.70. The first-order valence-electron chi connectivity index (χ1n) is 10.1. The standard InChI is InChI=1S/C24H13F4N5OS/c25-16-11-12-17-18(13-16)35-23(29-17)31-30-19-20(14-7-3-1-4-8-14)33(32-21(19)24(26,27)28)22(34)15-9-5-2-6-10-15/h1-13H. The second kappa shape index (κ2) is 8.84. The molecule has 0 unspecified atom stereocenters. The zero-order valence-corrected chi connectivity index (χ0v) is 18.4. The summed E-state index contributed by atoms with van der Waals surface area (Å²) in [5.74, 6) is -1.23. The summed E-state index contributed by atoms with van der Waals surface area (Å²) in [7, 11) is 0. The van der Waals surface area contributed by atoms with E-state index >= 15 is 0 Å². The monoisotopic (exact) mass is 495 g/mol. The molecule has 0 saturated carbocycles. The Hall–Kier alpha value is -4.25. The molecule has 0 amide bonds. The van der Waals surface area contributed by atoms with Crippen molar-refractivity contribution in [2.45, 2.75) is 6.18 Å². The van der Waals surface area contributed by atoms with Crippen LogP contribution in [0.2, 0.25) is 0 Å². The molecule has 174 valence electrons. The SMILES string of the molecule is O=C(c1ccccc1)n1nc(C(F)(F)F)c(N=Nc2nc3ccc(F)cc3s2)c1-c1ccccc1. The molecule has 2 heterocycles. The van der Waals surface area contributed by atoms with Crippen LogP contribution in [0.5, 0.6) is 0 Å². The third kappa shape index (κ3) is 4.45. The number of azo groups is 1. The summed E-state index contributed by atoms with van der Waals surface area (Å²) in [5, 5.41) is 11.4. The second-order valence-corrected chi connectivity index (χ2v) is 8.31. The lowest BCUT2D eigenvalue weighted by molar-refractivity contribution is -0.140. The number of thiazole rings is 1. The summed E-state index contributed by atoms with van der Waals surface area (Å²) in [6, 6.07) is 19.8. The summed E-state index contributed by atoms with van der Waals surface area (Å²) in [6.45, 7) is 0. The molecule has 5 aromatic rings. The zero-order valence-electron chi connectivity index (χ0n) is 17.6. The Bertz CT molecular complexity index is 1560. The molecule has 0 radical (unpaired) electrons. The van der Waals surface area contributed by atoms with Gasteiger partial charge in [0, 0.05) is 11.1 Å². The minimum atomic E-state index is -4.92. The van der Waals surface area contributed by atoms with Crippen LogP contribution in [0.25, 0.3) is 21.5 Å². The largest absolute Gasteiger partial charge is 0.437 e. The maximum atomic E-state index is 14.0. The predicted molar refractivity (Wildman–Crippen MR) is 123 cm³/mol. The minimum Gasteiger partial charge on any atom is -0.267 e. The summed E-state index contributed by atoms with van der Waals surface area (Å²) in [6.07, 6.45) is -4.92. The van der Waals surface area contributed by atoms with Gasteiger partial charge in [-0.05, 0) is 30.3 Å². The van der Waals surface area contributed by atoms with Gasteiger partial charge in [0.05, 0.1) is 10.2 Å². The van der Waals surface area contributed by atoms with Gasteiger partial charge in [-0.25, -0.2) is 9.37 Å². The molecule has 0 bridgehead atoms. The Labute approximate surface area is 199 Å². The third-order valence-electron chi connectivity index (χ3n) is 4.96. The van der Waals surface area contributed by atoms with Crippen molar-refractivity contribution in [1.29, 1.82) is 0 Å². The van der Waals surface area contributed by atoms with Gasteiger partial charge < -0.3 is 0 Å². The molecule has 0 fully saturated rings. The van der Waals surface area contributed by atoms with Gasteiger partial charge in [0.2, 0.25) is 5.13 Å². The second-order valence-electron chi connectivity index (χ2n) is 7.30. The molecule has 6 nitrogen and oxygen atoms in total. The molecule has 0 spiro atoms. The van der Waals surface area contributed by atoms with Crippen LogP contribution in [-0.2, 0) is 6.18 Å². The fourth-order valence-electron chi connectivity index (χ4n) is 3.42. The lowest BCUT2D eigenvalue weighted by atomic mass is 10.1. The van der Waals surface area contributed by atoms with E-state index in [9.17, 15) is 22.4 Å². The maximum Gasteiger partial charge on any atom is 0.437 e. The number of nitrogens with zero attached hydrogens (tertiary/aromatic N) is 5. The van der Waals surface area contributed by atoms with Gasteiger partial charge in [0.15, 0.2) is 5.69 Å². The number of carbonyl (C=O) groups excluding carboxylic acids is 1. The number of fused-ring (bicyclic) bond motifs is 1. The van der Waals surface area contributed by atoms with Gasteiger partial charge in [-0.2, -0.15) is 23.0 Å². The molecule has 0 aliphatic heterocycles. The molecule has 11 heteroatoms. The van der Waals surface area contributed by atoms with Gasteiger partial charge in [-0.3, -0.25) is 4.79 Å². The van der Waals surface area contributed by atoms with Crippen LogP contribution in [-0.4, -0.2) is 20.7 Å². The van der Waals surface area contributed by atoms with Crippen molar-refractivity contribution in [3.63, 3.8) is 0 Å². The van der Waals surface area contributed by atoms with E-state index in [1.165, 1.54) is 30.3 Å².